The van der Waals surface area contributed by atoms with Gasteiger partial charge in [0.15, 0.2) is 11.5 Å². The predicted octanol–water partition coefficient (Wildman–Crippen LogP) is 4.91. The lowest BCUT2D eigenvalue weighted by Gasteiger charge is -2.06. The Hall–Kier alpha value is -3.42. The van der Waals surface area contributed by atoms with E-state index in [1.54, 1.807) is 15.5 Å². The molecule has 3 aromatic heterocycles. The number of carbonyl (C=O) groups excluding carboxylic acids is 1. The van der Waals surface area contributed by atoms with Crippen molar-refractivity contribution in [3.63, 3.8) is 0 Å². The van der Waals surface area contributed by atoms with E-state index < -0.39 is 0 Å². The molecular weight excluding hydrogens is 390 g/mol. The summed E-state index contributed by atoms with van der Waals surface area (Å²) in [5.74, 6) is 0.778. The lowest BCUT2D eigenvalue weighted by molar-refractivity contribution is -0.116. The zero-order chi connectivity index (χ0) is 21.6. The second-order valence-electron chi connectivity index (χ2n) is 7.84. The zero-order valence-electron chi connectivity index (χ0n) is 18.1. The number of benzene rings is 1. The van der Waals surface area contributed by atoms with Gasteiger partial charge in [0.25, 0.3) is 0 Å². The van der Waals surface area contributed by atoms with E-state index >= 15 is 0 Å². The second-order valence-corrected chi connectivity index (χ2v) is 7.84. The molecule has 4 rings (SSSR count). The first-order chi connectivity index (χ1) is 15.2. The van der Waals surface area contributed by atoms with E-state index in [-0.39, 0.29) is 5.91 Å². The highest BCUT2D eigenvalue weighted by Crippen LogP contribution is 2.23. The minimum absolute atomic E-state index is 0.0686. The van der Waals surface area contributed by atoms with E-state index in [4.69, 9.17) is 0 Å². The topological polar surface area (TPSA) is 92.9 Å². The molecule has 0 aliphatic heterocycles. The average molecular weight is 420 g/mol. The normalized spacial score (nSPS) is 11.3. The minimum Gasteiger partial charge on any atom is -0.326 e. The van der Waals surface area contributed by atoms with Crippen LogP contribution in [0.1, 0.15) is 57.6 Å². The average Bonchev–Trinajstić information content (AvgIpc) is 3.48. The summed E-state index contributed by atoms with van der Waals surface area (Å²) >= 11 is 0. The third-order valence-electron chi connectivity index (χ3n) is 5.38. The molecule has 0 aliphatic carbocycles. The number of aromatic nitrogens is 6. The molecule has 0 radical (unpaired) electrons. The van der Waals surface area contributed by atoms with E-state index in [9.17, 15) is 4.79 Å². The van der Waals surface area contributed by atoms with Gasteiger partial charge in [0.1, 0.15) is 5.69 Å². The number of nitrogens with one attached hydrogen (secondary N) is 2. The monoisotopic (exact) mass is 419 g/mol. The molecule has 0 aliphatic rings. The van der Waals surface area contributed by atoms with Gasteiger partial charge in [0, 0.05) is 30.1 Å². The van der Waals surface area contributed by atoms with Crippen molar-refractivity contribution in [2.75, 3.05) is 5.32 Å². The summed E-state index contributed by atoms with van der Waals surface area (Å²) in [6.07, 6.45) is 11.2. The van der Waals surface area contributed by atoms with Gasteiger partial charge in [-0.25, -0.2) is 4.68 Å². The van der Waals surface area contributed by atoms with Gasteiger partial charge in [-0.3, -0.25) is 4.79 Å². The molecule has 3 heterocycles. The van der Waals surface area contributed by atoms with E-state index in [1.807, 2.05) is 43.5 Å². The Kier molecular flexibility index (Phi) is 6.45. The fourth-order valence-electron chi connectivity index (χ4n) is 3.73. The quantitative estimate of drug-likeness (QED) is 0.357. The molecule has 31 heavy (non-hydrogen) atoms. The third kappa shape index (κ3) is 4.84. The fraction of sp³-hybridized carbons (Fsp3) is 0.391. The second kappa shape index (κ2) is 9.59. The summed E-state index contributed by atoms with van der Waals surface area (Å²) in [6, 6.07) is 9.57. The molecule has 0 unspecified atom stereocenters. The lowest BCUT2D eigenvalue weighted by atomic mass is 10.1. The molecule has 1 aromatic carbocycles. The van der Waals surface area contributed by atoms with Crippen molar-refractivity contribution in [2.24, 2.45) is 0 Å². The van der Waals surface area contributed by atoms with Crippen LogP contribution in [-0.4, -0.2) is 35.5 Å². The van der Waals surface area contributed by atoms with E-state index in [0.717, 1.165) is 41.1 Å². The van der Waals surface area contributed by atoms with E-state index in [0.29, 0.717) is 12.2 Å². The van der Waals surface area contributed by atoms with E-state index in [2.05, 4.69) is 32.5 Å². The number of amides is 1. The maximum absolute atomic E-state index is 12.2. The number of nitrogens with zero attached hydrogens (tertiary/aromatic N) is 5. The molecule has 0 saturated carbocycles. The third-order valence-corrected chi connectivity index (χ3v) is 5.38. The molecule has 8 nitrogen and oxygen atoms in total. The largest absolute Gasteiger partial charge is 0.326 e. The Morgan fingerprint density at radius 1 is 1.06 bits per heavy atom. The van der Waals surface area contributed by atoms with Crippen LogP contribution in [0.25, 0.3) is 22.7 Å². The number of carbonyl (C=O) groups is 1. The van der Waals surface area contributed by atoms with Crippen LogP contribution in [0.3, 0.4) is 0 Å². The number of unbranched alkanes of at least 4 members (excludes halogenated alkanes) is 5. The summed E-state index contributed by atoms with van der Waals surface area (Å²) < 4.78 is 3.37. The van der Waals surface area contributed by atoms with Gasteiger partial charge in [0.05, 0.1) is 5.69 Å². The van der Waals surface area contributed by atoms with Crippen molar-refractivity contribution in [1.82, 2.24) is 29.6 Å². The van der Waals surface area contributed by atoms with Gasteiger partial charge in [-0.05, 0) is 43.7 Å². The fourth-order valence-corrected chi connectivity index (χ4v) is 3.73. The molecule has 0 spiro atoms. The number of aryl methyl sites for hydroxylation is 1. The molecular formula is C23H29N7O. The molecule has 1 amide bonds. The highest BCUT2D eigenvalue weighted by molar-refractivity contribution is 5.90. The number of anilines is 1. The summed E-state index contributed by atoms with van der Waals surface area (Å²) in [4.78, 5) is 15.5. The van der Waals surface area contributed by atoms with E-state index in [1.165, 1.54) is 25.7 Å². The first-order valence-corrected chi connectivity index (χ1v) is 11.0. The van der Waals surface area contributed by atoms with Crippen molar-refractivity contribution < 1.29 is 4.79 Å². The summed E-state index contributed by atoms with van der Waals surface area (Å²) in [6.45, 7) is 4.14. The Labute approximate surface area is 181 Å². The van der Waals surface area contributed by atoms with Crippen LogP contribution in [0, 0.1) is 6.92 Å². The number of fused-ring (bicyclic) bond motifs is 1. The summed E-state index contributed by atoms with van der Waals surface area (Å²) in [5.41, 5.74) is 4.22. The van der Waals surface area contributed by atoms with Crippen LogP contribution in [0.5, 0.6) is 0 Å². The molecule has 162 valence electrons. The Morgan fingerprint density at radius 3 is 2.58 bits per heavy atom. The molecule has 0 saturated heterocycles. The van der Waals surface area contributed by atoms with Gasteiger partial charge in [-0.15, -0.1) is 9.73 Å². The smallest absolute Gasteiger partial charge is 0.224 e. The maximum Gasteiger partial charge on any atom is 0.224 e. The molecule has 0 fully saturated rings. The number of H-pyrrole nitrogens is 1. The Balaban J connectivity index is 1.38. The summed E-state index contributed by atoms with van der Waals surface area (Å²) in [5, 5.41) is 16.3. The van der Waals surface area contributed by atoms with Crippen LogP contribution >= 0.6 is 0 Å². The summed E-state index contributed by atoms with van der Waals surface area (Å²) in [7, 11) is 0. The lowest BCUT2D eigenvalue weighted by Crippen LogP contribution is -2.10. The highest BCUT2D eigenvalue weighted by atomic mass is 16.1. The zero-order valence-corrected chi connectivity index (χ0v) is 18.1. The van der Waals surface area contributed by atoms with Gasteiger partial charge < -0.3 is 10.3 Å². The number of hydrogen-bond donors (Lipinski definition) is 2. The van der Waals surface area contributed by atoms with Crippen molar-refractivity contribution in [3.05, 3.63) is 48.4 Å². The standard InChI is InChI=1S/C23H29N7O/c1-3-4-5-6-7-8-10-20(31)25-19-13-11-18(12-14-19)22-26-23-21(29-16-9-15-24-29)17(2)27-30(23)28-22/h9,11-16H,3-8,10H2,1-2H3,(H,25,31)(H,26,28). The molecule has 0 atom stereocenters. The number of hydrogen-bond acceptors (Lipinski definition) is 4. The van der Waals surface area contributed by atoms with Crippen molar-refractivity contribution >= 4 is 17.2 Å². The molecule has 0 bridgehead atoms. The van der Waals surface area contributed by atoms with Crippen LogP contribution in [-0.2, 0) is 4.79 Å². The Morgan fingerprint density at radius 2 is 1.84 bits per heavy atom. The van der Waals surface area contributed by atoms with Gasteiger partial charge in [0.2, 0.25) is 5.91 Å². The van der Waals surface area contributed by atoms with Crippen LogP contribution in [0.2, 0.25) is 0 Å². The van der Waals surface area contributed by atoms with Crippen molar-refractivity contribution in [2.45, 2.75) is 58.8 Å². The van der Waals surface area contributed by atoms with Crippen molar-refractivity contribution in [3.8, 4) is 17.1 Å². The van der Waals surface area contributed by atoms with Gasteiger partial charge >= 0.3 is 0 Å². The SMILES string of the molecule is CCCCCCCCC(=O)Nc1ccc(-c2nn3nc(C)c(-n4cccn4)c3[nH]2)cc1. The maximum atomic E-state index is 12.2. The molecule has 4 aromatic rings. The Bertz CT molecular complexity index is 1120. The number of aromatic amines is 1. The molecule has 2 N–H and O–H groups in total. The highest BCUT2D eigenvalue weighted by Gasteiger charge is 2.16. The predicted molar refractivity (Wildman–Crippen MR) is 121 cm³/mol. The first kappa shape index (κ1) is 20.8. The van der Waals surface area contributed by atoms with Crippen LogP contribution < -0.4 is 5.32 Å². The molecule has 8 heteroatoms. The van der Waals surface area contributed by atoms with Gasteiger partial charge in [-0.1, -0.05) is 39.0 Å². The van der Waals surface area contributed by atoms with Crippen LogP contribution in [0.4, 0.5) is 5.69 Å². The first-order valence-electron chi connectivity index (χ1n) is 11.0. The van der Waals surface area contributed by atoms with Crippen LogP contribution in [0.15, 0.2) is 42.7 Å². The van der Waals surface area contributed by atoms with Gasteiger partial charge in [-0.2, -0.15) is 10.2 Å². The minimum atomic E-state index is 0.0686. The van der Waals surface area contributed by atoms with Crippen molar-refractivity contribution in [1.29, 1.82) is 0 Å². The number of rotatable bonds is 10.